The van der Waals surface area contributed by atoms with Crippen LogP contribution in [-0.4, -0.2) is 88.0 Å². The lowest BCUT2D eigenvalue weighted by Crippen LogP contribution is -2.47. The van der Waals surface area contributed by atoms with Crippen molar-refractivity contribution in [3.05, 3.63) is 29.6 Å². The predicted molar refractivity (Wildman–Crippen MR) is 121 cm³/mol. The molecule has 1 aromatic carbocycles. The van der Waals surface area contributed by atoms with E-state index in [2.05, 4.69) is 15.5 Å². The van der Waals surface area contributed by atoms with E-state index in [1.54, 1.807) is 6.92 Å². The van der Waals surface area contributed by atoms with Crippen LogP contribution in [0.4, 0.5) is 4.39 Å². The number of hydrogen-bond donors (Lipinski definition) is 2. The molecule has 0 aromatic heterocycles. The highest BCUT2D eigenvalue weighted by Crippen LogP contribution is 2.28. The van der Waals surface area contributed by atoms with Gasteiger partial charge >= 0.3 is 11.8 Å². The zero-order valence-corrected chi connectivity index (χ0v) is 19.8. The fourth-order valence-electron chi connectivity index (χ4n) is 4.27. The summed E-state index contributed by atoms with van der Waals surface area (Å²) >= 11 is 0. The molecule has 2 amide bonds. The van der Waals surface area contributed by atoms with Gasteiger partial charge in [0.1, 0.15) is 5.82 Å². The van der Waals surface area contributed by atoms with Crippen LogP contribution in [-0.2, 0) is 24.3 Å². The van der Waals surface area contributed by atoms with E-state index in [1.165, 1.54) is 16.4 Å². The molecule has 0 radical (unpaired) electrons. The van der Waals surface area contributed by atoms with Gasteiger partial charge in [0.05, 0.1) is 18.1 Å². The lowest BCUT2D eigenvalue weighted by molar-refractivity contribution is -0.139. The van der Waals surface area contributed by atoms with Gasteiger partial charge in [0.15, 0.2) is 0 Å². The highest BCUT2D eigenvalue weighted by atomic mass is 32.2. The molecule has 2 saturated heterocycles. The Kier molecular flexibility index (Phi) is 9.19. The molecule has 11 heteroatoms. The number of nitrogens with one attached hydrogen (secondary N) is 2. The molecule has 2 heterocycles. The lowest BCUT2D eigenvalue weighted by Gasteiger charge is -2.35. The van der Waals surface area contributed by atoms with Gasteiger partial charge in [0, 0.05) is 45.3 Å². The quantitative estimate of drug-likeness (QED) is 0.524. The summed E-state index contributed by atoms with van der Waals surface area (Å²) in [6, 6.07) is 3.37. The summed E-state index contributed by atoms with van der Waals surface area (Å²) in [4.78, 5) is 26.4. The van der Waals surface area contributed by atoms with Crippen molar-refractivity contribution < 1.29 is 27.1 Å². The fourth-order valence-corrected chi connectivity index (χ4v) is 6.20. The van der Waals surface area contributed by atoms with Crippen LogP contribution >= 0.6 is 0 Å². The number of nitrogens with zero attached hydrogens (tertiary/aromatic N) is 2. The minimum absolute atomic E-state index is 0.0967. The van der Waals surface area contributed by atoms with Crippen molar-refractivity contribution in [2.45, 2.75) is 43.5 Å². The van der Waals surface area contributed by atoms with Crippen molar-refractivity contribution in [2.75, 3.05) is 52.5 Å². The van der Waals surface area contributed by atoms with Gasteiger partial charge in [-0.15, -0.1) is 0 Å². The average Bonchev–Trinajstić information content (AvgIpc) is 2.79. The van der Waals surface area contributed by atoms with E-state index < -0.39 is 27.7 Å². The van der Waals surface area contributed by atoms with Gasteiger partial charge in [0.25, 0.3) is 0 Å². The molecule has 0 bridgehead atoms. The second-order valence-electron chi connectivity index (χ2n) is 8.43. The number of benzene rings is 1. The highest BCUT2D eigenvalue weighted by molar-refractivity contribution is 7.89. The number of rotatable bonds is 8. The normalized spacial score (nSPS) is 20.4. The van der Waals surface area contributed by atoms with Crippen molar-refractivity contribution in [3.8, 4) is 0 Å². The molecule has 0 aliphatic carbocycles. The molecule has 184 valence electrons. The van der Waals surface area contributed by atoms with Crippen LogP contribution in [0.5, 0.6) is 0 Å². The minimum Gasteiger partial charge on any atom is -0.379 e. The zero-order valence-electron chi connectivity index (χ0n) is 19.0. The molecule has 9 nitrogen and oxygen atoms in total. The van der Waals surface area contributed by atoms with Crippen molar-refractivity contribution in [3.63, 3.8) is 0 Å². The highest BCUT2D eigenvalue weighted by Gasteiger charge is 2.34. The number of amides is 2. The molecule has 2 aliphatic rings. The van der Waals surface area contributed by atoms with Gasteiger partial charge in [0.2, 0.25) is 10.0 Å². The number of halogens is 1. The van der Waals surface area contributed by atoms with Gasteiger partial charge in [-0.1, -0.05) is 6.42 Å². The maximum Gasteiger partial charge on any atom is 0.309 e. The SMILES string of the molecule is Cc1cc(F)ccc1S(=O)(=O)N1CCCC[C@H]1CCNC(=O)C(=O)NCCN1CCOCC1. The molecule has 1 atom stereocenters. The second kappa shape index (κ2) is 11.9. The molecule has 1 aromatic rings. The molecule has 0 spiro atoms. The third kappa shape index (κ3) is 6.95. The molecular formula is C22H33FN4O5S. The number of hydrogen-bond acceptors (Lipinski definition) is 6. The molecule has 2 aliphatic heterocycles. The number of carbonyl (C=O) groups excluding carboxylic acids is 2. The monoisotopic (exact) mass is 484 g/mol. The van der Waals surface area contributed by atoms with Crippen LogP contribution in [0.15, 0.2) is 23.1 Å². The van der Waals surface area contributed by atoms with E-state index in [0.717, 1.165) is 32.0 Å². The molecule has 0 unspecified atom stereocenters. The topological polar surface area (TPSA) is 108 Å². The van der Waals surface area contributed by atoms with Gasteiger partial charge in [-0.05, 0) is 49.9 Å². The Labute approximate surface area is 194 Å². The van der Waals surface area contributed by atoms with Crippen LogP contribution in [0.2, 0.25) is 0 Å². The summed E-state index contributed by atoms with van der Waals surface area (Å²) in [6.07, 6.45) is 2.69. The summed E-state index contributed by atoms with van der Waals surface area (Å²) in [5.41, 5.74) is 0.362. The Morgan fingerprint density at radius 2 is 1.79 bits per heavy atom. The Balaban J connectivity index is 1.48. The van der Waals surface area contributed by atoms with Crippen LogP contribution in [0.1, 0.15) is 31.2 Å². The van der Waals surface area contributed by atoms with Crippen molar-refractivity contribution >= 4 is 21.8 Å². The van der Waals surface area contributed by atoms with E-state index in [1.807, 2.05) is 0 Å². The molecular weight excluding hydrogens is 451 g/mol. The van der Waals surface area contributed by atoms with Gasteiger partial charge in [-0.3, -0.25) is 14.5 Å². The number of piperidine rings is 1. The zero-order chi connectivity index (χ0) is 23.8. The second-order valence-corrected chi connectivity index (χ2v) is 10.3. The molecule has 2 fully saturated rings. The maximum atomic E-state index is 13.4. The molecule has 0 saturated carbocycles. The summed E-state index contributed by atoms with van der Waals surface area (Å²) in [5.74, 6) is -1.90. The third-order valence-electron chi connectivity index (χ3n) is 6.08. The first-order chi connectivity index (χ1) is 15.8. The van der Waals surface area contributed by atoms with E-state index in [4.69, 9.17) is 4.74 Å². The largest absolute Gasteiger partial charge is 0.379 e. The summed E-state index contributed by atoms with van der Waals surface area (Å²) < 4.78 is 46.6. The first-order valence-electron chi connectivity index (χ1n) is 11.4. The summed E-state index contributed by atoms with van der Waals surface area (Å²) in [7, 11) is -3.79. The molecule has 2 N–H and O–H groups in total. The standard InChI is InChI=1S/C22H33FN4O5S/c1-17-16-18(23)5-6-20(17)33(30,31)27-10-3-2-4-19(27)7-8-24-21(28)22(29)25-9-11-26-12-14-32-15-13-26/h5-6,16,19H,2-4,7-15H2,1H3,(H,24,28)(H,25,29)/t19-/m0/s1. The van der Waals surface area contributed by atoms with Crippen LogP contribution < -0.4 is 10.6 Å². The number of carbonyl (C=O) groups is 2. The molecule has 33 heavy (non-hydrogen) atoms. The van der Waals surface area contributed by atoms with Crippen molar-refractivity contribution in [1.82, 2.24) is 19.8 Å². The van der Waals surface area contributed by atoms with E-state index in [9.17, 15) is 22.4 Å². The van der Waals surface area contributed by atoms with Gasteiger partial charge in [-0.2, -0.15) is 4.31 Å². The van der Waals surface area contributed by atoms with Crippen LogP contribution in [0.3, 0.4) is 0 Å². The number of morpholine rings is 1. The maximum absolute atomic E-state index is 13.4. The Morgan fingerprint density at radius 3 is 2.48 bits per heavy atom. The Morgan fingerprint density at radius 1 is 1.09 bits per heavy atom. The predicted octanol–water partition coefficient (Wildman–Crippen LogP) is 0.632. The Bertz CT molecular complexity index is 937. The minimum atomic E-state index is -3.79. The van der Waals surface area contributed by atoms with Gasteiger partial charge < -0.3 is 15.4 Å². The van der Waals surface area contributed by atoms with E-state index in [-0.39, 0.29) is 17.5 Å². The van der Waals surface area contributed by atoms with Crippen LogP contribution in [0, 0.1) is 12.7 Å². The summed E-state index contributed by atoms with van der Waals surface area (Å²) in [6.45, 7) is 6.12. The fraction of sp³-hybridized carbons (Fsp3) is 0.636. The number of sulfonamides is 1. The molecule has 3 rings (SSSR count). The van der Waals surface area contributed by atoms with Crippen LogP contribution in [0.25, 0.3) is 0 Å². The Hall–Kier alpha value is -2.08. The van der Waals surface area contributed by atoms with E-state index >= 15 is 0 Å². The average molecular weight is 485 g/mol. The smallest absolute Gasteiger partial charge is 0.309 e. The number of aryl methyl sites for hydroxylation is 1. The van der Waals surface area contributed by atoms with Crippen molar-refractivity contribution in [2.24, 2.45) is 0 Å². The van der Waals surface area contributed by atoms with Crippen molar-refractivity contribution in [1.29, 1.82) is 0 Å². The number of ether oxygens (including phenoxy) is 1. The summed E-state index contributed by atoms with van der Waals surface area (Å²) in [5, 5.41) is 5.21. The first-order valence-corrected chi connectivity index (χ1v) is 12.9. The van der Waals surface area contributed by atoms with E-state index in [0.29, 0.717) is 51.3 Å². The first kappa shape index (κ1) is 25.5. The van der Waals surface area contributed by atoms with Gasteiger partial charge in [-0.25, -0.2) is 12.8 Å². The third-order valence-corrected chi connectivity index (χ3v) is 8.20. The lowest BCUT2D eigenvalue weighted by atomic mass is 10.0.